The van der Waals surface area contributed by atoms with Crippen LogP contribution in [-0.2, 0) is 14.2 Å². The summed E-state index contributed by atoms with van der Waals surface area (Å²) in [5.74, 6) is -0.294. The van der Waals surface area contributed by atoms with Gasteiger partial charge >= 0.3 is 0 Å². The number of hydrogen-bond acceptors (Lipinski definition) is 6. The zero-order valence-corrected chi connectivity index (χ0v) is 12.5. The molecule has 1 aromatic carbocycles. The van der Waals surface area contributed by atoms with Crippen LogP contribution in [0.2, 0.25) is 0 Å². The molecule has 1 fully saturated rings. The number of nitrogens with one attached hydrogen (secondary N) is 1. The fourth-order valence-corrected chi connectivity index (χ4v) is 2.55. The third-order valence-corrected chi connectivity index (χ3v) is 3.67. The summed E-state index contributed by atoms with van der Waals surface area (Å²) >= 11 is 0. The second kappa shape index (κ2) is 7.66. The molecule has 1 heterocycles. The molecule has 122 valence electrons. The van der Waals surface area contributed by atoms with Gasteiger partial charge in [-0.2, -0.15) is 0 Å². The van der Waals surface area contributed by atoms with Crippen LogP contribution in [0.5, 0.6) is 0 Å². The highest BCUT2D eigenvalue weighted by molar-refractivity contribution is 5.94. The first-order valence-corrected chi connectivity index (χ1v) is 6.98. The molecular weight excluding hydrogens is 290 g/mol. The van der Waals surface area contributed by atoms with E-state index in [9.17, 15) is 9.90 Å². The lowest BCUT2D eigenvalue weighted by Crippen LogP contribution is -2.50. The smallest absolute Gasteiger partial charge is 0.251 e. The highest BCUT2D eigenvalue weighted by Crippen LogP contribution is 2.26. The molecule has 1 saturated heterocycles. The number of rotatable bonds is 6. The van der Waals surface area contributed by atoms with E-state index in [0.29, 0.717) is 5.56 Å². The van der Waals surface area contributed by atoms with Crippen LogP contribution in [0.4, 0.5) is 0 Å². The molecule has 5 atom stereocenters. The molecular formula is C15H21NO6. The second-order valence-electron chi connectivity index (χ2n) is 5.02. The lowest BCUT2D eigenvalue weighted by Gasteiger charge is -2.24. The zero-order chi connectivity index (χ0) is 16.1. The van der Waals surface area contributed by atoms with Crippen molar-refractivity contribution in [2.45, 2.75) is 30.6 Å². The van der Waals surface area contributed by atoms with E-state index >= 15 is 0 Å². The first-order chi connectivity index (χ1) is 10.6. The van der Waals surface area contributed by atoms with Gasteiger partial charge in [-0.15, -0.1) is 0 Å². The van der Waals surface area contributed by atoms with Crippen molar-refractivity contribution in [1.29, 1.82) is 0 Å². The topological polar surface area (TPSA) is 97.2 Å². The van der Waals surface area contributed by atoms with E-state index in [1.165, 1.54) is 14.2 Å². The molecule has 1 aliphatic heterocycles. The minimum absolute atomic E-state index is 0.294. The Morgan fingerprint density at radius 1 is 1.32 bits per heavy atom. The SMILES string of the molecule is CO[C@@H]1O[C@H]([C@H](O)CO)[C@H](OC)[C@H]1NC(=O)c1ccccc1. The quantitative estimate of drug-likeness (QED) is 0.657. The molecule has 2 rings (SSSR count). The highest BCUT2D eigenvalue weighted by Gasteiger charge is 2.48. The minimum atomic E-state index is -1.12. The van der Waals surface area contributed by atoms with Crippen LogP contribution in [0, 0.1) is 0 Å². The van der Waals surface area contributed by atoms with E-state index in [-0.39, 0.29) is 5.91 Å². The molecule has 0 saturated carbocycles. The lowest BCUT2D eigenvalue weighted by molar-refractivity contribution is -0.154. The summed E-state index contributed by atoms with van der Waals surface area (Å²) in [6.07, 6.45) is -3.33. The van der Waals surface area contributed by atoms with Crippen molar-refractivity contribution in [3.8, 4) is 0 Å². The van der Waals surface area contributed by atoms with Crippen LogP contribution in [0.25, 0.3) is 0 Å². The average molecular weight is 311 g/mol. The van der Waals surface area contributed by atoms with Gasteiger partial charge in [-0.3, -0.25) is 4.79 Å². The molecule has 0 aromatic heterocycles. The first kappa shape index (κ1) is 16.9. The molecule has 1 aliphatic rings. The summed E-state index contributed by atoms with van der Waals surface area (Å²) in [5, 5.41) is 21.7. The van der Waals surface area contributed by atoms with Crippen LogP contribution in [0.3, 0.4) is 0 Å². The molecule has 0 bridgehead atoms. The number of hydrogen-bond donors (Lipinski definition) is 3. The number of ether oxygens (including phenoxy) is 3. The third kappa shape index (κ3) is 3.45. The summed E-state index contributed by atoms with van der Waals surface area (Å²) < 4.78 is 16.1. The molecule has 3 N–H and O–H groups in total. The predicted molar refractivity (Wildman–Crippen MR) is 77.3 cm³/mol. The van der Waals surface area contributed by atoms with Gasteiger partial charge in [-0.1, -0.05) is 18.2 Å². The largest absolute Gasteiger partial charge is 0.394 e. The Bertz CT molecular complexity index is 482. The van der Waals surface area contributed by atoms with Crippen molar-refractivity contribution in [1.82, 2.24) is 5.32 Å². The van der Waals surface area contributed by atoms with Crippen LogP contribution in [0.15, 0.2) is 30.3 Å². The Kier molecular flexibility index (Phi) is 5.87. The molecule has 0 aliphatic carbocycles. The van der Waals surface area contributed by atoms with E-state index in [0.717, 1.165) is 0 Å². The summed E-state index contributed by atoms with van der Waals surface area (Å²) in [5.41, 5.74) is 0.498. The Labute approximate surface area is 128 Å². The Hall–Kier alpha value is -1.51. The molecule has 1 aromatic rings. The van der Waals surface area contributed by atoms with Crippen LogP contribution in [0.1, 0.15) is 10.4 Å². The normalized spacial score (nSPS) is 29.3. The van der Waals surface area contributed by atoms with Gasteiger partial charge in [0, 0.05) is 19.8 Å². The van der Waals surface area contributed by atoms with E-state index in [1.54, 1.807) is 24.3 Å². The third-order valence-electron chi connectivity index (χ3n) is 3.67. The summed E-state index contributed by atoms with van der Waals surface area (Å²) in [6, 6.07) is 8.12. The Balaban J connectivity index is 2.14. The molecule has 1 amide bonds. The van der Waals surface area contributed by atoms with Crippen molar-refractivity contribution in [3.63, 3.8) is 0 Å². The van der Waals surface area contributed by atoms with Gasteiger partial charge in [0.25, 0.3) is 5.91 Å². The first-order valence-electron chi connectivity index (χ1n) is 6.98. The second-order valence-corrected chi connectivity index (χ2v) is 5.02. The van der Waals surface area contributed by atoms with Gasteiger partial charge < -0.3 is 29.7 Å². The van der Waals surface area contributed by atoms with Crippen molar-refractivity contribution in [2.75, 3.05) is 20.8 Å². The summed E-state index contributed by atoms with van der Waals surface area (Å²) in [6.45, 7) is -0.472. The van der Waals surface area contributed by atoms with Gasteiger partial charge in [0.05, 0.1) is 6.61 Å². The van der Waals surface area contributed by atoms with Crippen molar-refractivity contribution in [2.24, 2.45) is 0 Å². The van der Waals surface area contributed by atoms with Gasteiger partial charge in [-0.05, 0) is 12.1 Å². The van der Waals surface area contributed by atoms with Crippen molar-refractivity contribution >= 4 is 5.91 Å². The Morgan fingerprint density at radius 3 is 2.55 bits per heavy atom. The van der Waals surface area contributed by atoms with E-state index in [4.69, 9.17) is 19.3 Å². The fourth-order valence-electron chi connectivity index (χ4n) is 2.55. The van der Waals surface area contributed by atoms with Gasteiger partial charge in [0.1, 0.15) is 24.4 Å². The maximum absolute atomic E-state index is 12.3. The predicted octanol–water partition coefficient (Wildman–Crippen LogP) is -0.475. The van der Waals surface area contributed by atoms with Gasteiger partial charge in [-0.25, -0.2) is 0 Å². The number of carbonyl (C=O) groups excluding carboxylic acids is 1. The van der Waals surface area contributed by atoms with Gasteiger partial charge in [0.15, 0.2) is 6.29 Å². The summed E-state index contributed by atoms with van der Waals surface area (Å²) in [7, 11) is 2.89. The molecule has 0 unspecified atom stereocenters. The Morgan fingerprint density at radius 2 is 2.00 bits per heavy atom. The summed E-state index contributed by atoms with van der Waals surface area (Å²) in [4.78, 5) is 12.3. The lowest BCUT2D eigenvalue weighted by atomic mass is 10.0. The minimum Gasteiger partial charge on any atom is -0.394 e. The van der Waals surface area contributed by atoms with Crippen LogP contribution < -0.4 is 5.32 Å². The maximum atomic E-state index is 12.3. The highest BCUT2D eigenvalue weighted by atomic mass is 16.7. The zero-order valence-electron chi connectivity index (χ0n) is 12.5. The van der Waals surface area contributed by atoms with E-state index in [1.807, 2.05) is 6.07 Å². The van der Waals surface area contributed by atoms with Gasteiger partial charge in [0.2, 0.25) is 0 Å². The number of aliphatic hydroxyl groups is 2. The number of carbonyl (C=O) groups is 1. The van der Waals surface area contributed by atoms with Crippen LogP contribution >= 0.6 is 0 Å². The molecule has 0 radical (unpaired) electrons. The van der Waals surface area contributed by atoms with E-state index in [2.05, 4.69) is 5.32 Å². The molecule has 7 nitrogen and oxygen atoms in total. The number of aliphatic hydroxyl groups excluding tert-OH is 2. The molecule has 0 spiro atoms. The number of methoxy groups -OCH3 is 2. The van der Waals surface area contributed by atoms with Crippen molar-refractivity contribution in [3.05, 3.63) is 35.9 Å². The molecule has 7 heteroatoms. The maximum Gasteiger partial charge on any atom is 0.251 e. The fraction of sp³-hybridized carbons (Fsp3) is 0.533. The standard InChI is InChI=1S/C15H21NO6/c1-20-13-11(15(21-2)22-12(13)10(18)8-17)16-14(19)9-6-4-3-5-7-9/h3-7,10-13,15,17-18H,8H2,1-2H3,(H,16,19)/t10-,11-,12-,13-,15-/m1/s1. The average Bonchev–Trinajstić information content (AvgIpc) is 2.92. The number of amides is 1. The monoisotopic (exact) mass is 311 g/mol. The molecule has 22 heavy (non-hydrogen) atoms. The van der Waals surface area contributed by atoms with E-state index < -0.39 is 37.3 Å². The van der Waals surface area contributed by atoms with Crippen LogP contribution in [-0.4, -0.2) is 67.6 Å². The number of benzene rings is 1. The van der Waals surface area contributed by atoms with Crippen molar-refractivity contribution < 1.29 is 29.2 Å².